The molecule has 8 N–H and O–H groups in total. The zero-order valence-corrected chi connectivity index (χ0v) is 19.2. The van der Waals surface area contributed by atoms with Crippen LogP contribution in [0.5, 0.6) is 0 Å². The summed E-state index contributed by atoms with van der Waals surface area (Å²) in [4.78, 5) is 13.5. The lowest BCUT2D eigenvalue weighted by molar-refractivity contribution is -0.129. The maximum atomic E-state index is 13.5. The Morgan fingerprint density at radius 1 is 1.23 bits per heavy atom. The number of amides is 1. The van der Waals surface area contributed by atoms with E-state index in [1.165, 1.54) is 32.1 Å². The minimum Gasteiger partial charge on any atom is -0.394 e. The number of nitrogens with two attached hydrogens (primary N) is 2. The van der Waals surface area contributed by atoms with Gasteiger partial charge in [-0.1, -0.05) is 12.8 Å². The third-order valence-corrected chi connectivity index (χ3v) is 8.69. The Labute approximate surface area is 190 Å². The monoisotopic (exact) mass is 457 g/mol. The van der Waals surface area contributed by atoms with Gasteiger partial charge in [0.15, 0.2) is 0 Å². The van der Waals surface area contributed by atoms with Crippen molar-refractivity contribution >= 4 is 17.5 Å². The molecule has 0 bridgehead atoms. The third kappa shape index (κ3) is 4.90. The van der Waals surface area contributed by atoms with Crippen molar-refractivity contribution in [3.8, 4) is 0 Å². The first-order valence-electron chi connectivity index (χ1n) is 12.0. The van der Waals surface area contributed by atoms with E-state index >= 15 is 0 Å². The van der Waals surface area contributed by atoms with Crippen molar-refractivity contribution in [2.24, 2.45) is 28.2 Å². The quantitative estimate of drug-likeness (QED) is 0.234. The summed E-state index contributed by atoms with van der Waals surface area (Å²) in [6.07, 6.45) is 8.14. The van der Waals surface area contributed by atoms with Gasteiger partial charge in [-0.15, -0.1) is 11.6 Å². The molecular formula is C22H40ClN5O3. The second-order valence-electron chi connectivity index (χ2n) is 10.3. The number of alkyl halides is 1. The Morgan fingerprint density at radius 2 is 1.97 bits per heavy atom. The molecule has 0 aromatic rings. The Morgan fingerprint density at radius 3 is 2.68 bits per heavy atom. The molecule has 4 fully saturated rings. The molecule has 0 radical (unpaired) electrons. The summed E-state index contributed by atoms with van der Waals surface area (Å²) in [7, 11) is 0. The number of rotatable bonds is 7. The highest BCUT2D eigenvalue weighted by atomic mass is 35.5. The Bertz CT molecular complexity index is 640. The van der Waals surface area contributed by atoms with E-state index in [0.29, 0.717) is 18.5 Å². The molecule has 31 heavy (non-hydrogen) atoms. The van der Waals surface area contributed by atoms with Gasteiger partial charge in [0.05, 0.1) is 37.4 Å². The topological polar surface area (TPSA) is 135 Å². The number of hydrogen-bond acceptors (Lipinski definition) is 7. The van der Waals surface area contributed by atoms with Crippen molar-refractivity contribution in [2.75, 3.05) is 32.8 Å². The summed E-state index contributed by atoms with van der Waals surface area (Å²) in [5.41, 5.74) is 13.0. The van der Waals surface area contributed by atoms with Gasteiger partial charge in [0.25, 0.3) is 0 Å². The summed E-state index contributed by atoms with van der Waals surface area (Å²) in [5, 5.41) is 19.2. The van der Waals surface area contributed by atoms with Crippen LogP contribution in [-0.2, 0) is 9.53 Å². The van der Waals surface area contributed by atoms with E-state index in [4.69, 9.17) is 32.9 Å². The molecule has 0 aromatic carbocycles. The SMILES string of the molecule is NC(N)C(C(=O)NC1CNCCC1OCCO)C1CC23CCCCC2(CC(Cl)CN1)C3. The smallest absolute Gasteiger partial charge is 0.227 e. The molecule has 0 spiro atoms. The first kappa shape index (κ1) is 23.7. The fourth-order valence-electron chi connectivity index (χ4n) is 6.83. The Kier molecular flexibility index (Phi) is 7.48. The Hall–Kier alpha value is -0.480. The number of aliphatic hydroxyl groups is 1. The van der Waals surface area contributed by atoms with Crippen molar-refractivity contribution in [1.29, 1.82) is 0 Å². The molecule has 4 rings (SSSR count). The fraction of sp³-hybridized carbons (Fsp3) is 0.955. The van der Waals surface area contributed by atoms with E-state index in [1.807, 2.05) is 0 Å². The standard InChI is InChI=1S/C22H40ClN5O3/c23-14-9-21-4-1-2-5-22(21,13-21)10-15(27-11-14)18(19(24)25)20(30)28-16-12-26-6-3-17(16)31-8-7-29/h14-19,26-27,29H,1-13,24-25H2,(H,28,30). The predicted octanol–water partition coefficient (Wildman–Crippen LogP) is 0.0116. The molecule has 7 unspecified atom stereocenters. The second kappa shape index (κ2) is 9.79. The average Bonchev–Trinajstić information content (AvgIpc) is 3.36. The molecular weight excluding hydrogens is 418 g/mol. The van der Waals surface area contributed by atoms with E-state index < -0.39 is 12.1 Å². The van der Waals surface area contributed by atoms with Gasteiger partial charge in [0.1, 0.15) is 0 Å². The van der Waals surface area contributed by atoms with Gasteiger partial charge in [-0.3, -0.25) is 4.79 Å². The molecule has 2 saturated heterocycles. The van der Waals surface area contributed by atoms with Gasteiger partial charge in [-0.2, -0.15) is 0 Å². The summed E-state index contributed by atoms with van der Waals surface area (Å²) in [5.74, 6) is -0.652. The molecule has 2 saturated carbocycles. The number of nitrogens with one attached hydrogen (secondary N) is 3. The zero-order chi connectivity index (χ0) is 22.1. The van der Waals surface area contributed by atoms with E-state index in [9.17, 15) is 4.79 Å². The van der Waals surface area contributed by atoms with Crippen molar-refractivity contribution in [2.45, 2.75) is 81.1 Å². The lowest BCUT2D eigenvalue weighted by Gasteiger charge is -2.41. The largest absolute Gasteiger partial charge is 0.394 e. The van der Waals surface area contributed by atoms with Crippen molar-refractivity contribution in [1.82, 2.24) is 16.0 Å². The highest BCUT2D eigenvalue weighted by molar-refractivity contribution is 6.20. The summed E-state index contributed by atoms with van der Waals surface area (Å²) < 4.78 is 5.77. The van der Waals surface area contributed by atoms with Crippen LogP contribution in [0.15, 0.2) is 0 Å². The van der Waals surface area contributed by atoms with Crippen LogP contribution < -0.4 is 27.4 Å². The maximum Gasteiger partial charge on any atom is 0.227 e. The molecule has 2 aliphatic carbocycles. The van der Waals surface area contributed by atoms with Gasteiger partial charge < -0.3 is 37.3 Å². The first-order chi connectivity index (χ1) is 14.9. The lowest BCUT2D eigenvalue weighted by Crippen LogP contribution is -2.62. The molecule has 0 aromatic heterocycles. The lowest BCUT2D eigenvalue weighted by atomic mass is 9.71. The summed E-state index contributed by atoms with van der Waals surface area (Å²) in [6, 6.07) is -0.258. The number of hydrogen-bond donors (Lipinski definition) is 6. The highest BCUT2D eigenvalue weighted by Gasteiger charge is 2.68. The van der Waals surface area contributed by atoms with Crippen molar-refractivity contribution in [3.05, 3.63) is 0 Å². The van der Waals surface area contributed by atoms with Crippen LogP contribution in [0.2, 0.25) is 0 Å². The number of halogens is 1. The minimum absolute atomic E-state index is 0.0314. The number of ether oxygens (including phenoxy) is 1. The van der Waals surface area contributed by atoms with E-state index in [0.717, 1.165) is 25.8 Å². The normalized spacial score (nSPS) is 41.5. The van der Waals surface area contributed by atoms with Gasteiger partial charge in [-0.25, -0.2) is 0 Å². The van der Waals surface area contributed by atoms with E-state index in [2.05, 4.69) is 16.0 Å². The van der Waals surface area contributed by atoms with Crippen molar-refractivity contribution < 1.29 is 14.6 Å². The molecule has 7 atom stereocenters. The molecule has 2 aliphatic heterocycles. The number of piperidine rings is 1. The van der Waals surface area contributed by atoms with Crippen LogP contribution in [0.1, 0.15) is 51.4 Å². The summed E-state index contributed by atoms with van der Waals surface area (Å²) >= 11 is 6.71. The number of carbonyl (C=O) groups excluding carboxylic acids is 1. The third-order valence-electron chi connectivity index (χ3n) is 8.38. The van der Waals surface area contributed by atoms with Gasteiger partial charge in [0, 0.05) is 24.5 Å². The van der Waals surface area contributed by atoms with Crippen LogP contribution in [0.25, 0.3) is 0 Å². The first-order valence-corrected chi connectivity index (χ1v) is 12.5. The second-order valence-corrected chi connectivity index (χ2v) is 10.9. The molecule has 8 nitrogen and oxygen atoms in total. The number of aliphatic hydroxyl groups excluding tert-OH is 1. The highest BCUT2D eigenvalue weighted by Crippen LogP contribution is 2.76. The molecule has 1 amide bonds. The molecule has 2 heterocycles. The fourth-order valence-corrected chi connectivity index (χ4v) is 7.21. The average molecular weight is 458 g/mol. The molecule has 9 heteroatoms. The van der Waals surface area contributed by atoms with E-state index in [1.54, 1.807) is 0 Å². The molecule has 4 aliphatic rings. The van der Waals surface area contributed by atoms with Crippen LogP contribution >= 0.6 is 11.6 Å². The van der Waals surface area contributed by atoms with Crippen LogP contribution in [0, 0.1) is 16.7 Å². The zero-order valence-electron chi connectivity index (χ0n) is 18.5. The molecule has 178 valence electrons. The van der Waals surface area contributed by atoms with Crippen LogP contribution in [-0.4, -0.2) is 73.6 Å². The van der Waals surface area contributed by atoms with Gasteiger partial charge in [0.2, 0.25) is 5.91 Å². The van der Waals surface area contributed by atoms with Gasteiger partial charge >= 0.3 is 0 Å². The maximum absolute atomic E-state index is 13.5. The van der Waals surface area contributed by atoms with Crippen LogP contribution in [0.3, 0.4) is 0 Å². The Balaban J connectivity index is 1.47. The summed E-state index contributed by atoms with van der Waals surface area (Å²) in [6.45, 7) is 2.37. The predicted molar refractivity (Wildman–Crippen MR) is 121 cm³/mol. The number of carbonyl (C=O) groups is 1. The minimum atomic E-state index is -0.757. The van der Waals surface area contributed by atoms with Crippen LogP contribution in [0.4, 0.5) is 0 Å². The van der Waals surface area contributed by atoms with Gasteiger partial charge in [-0.05, 0) is 55.9 Å². The van der Waals surface area contributed by atoms with E-state index in [-0.39, 0.29) is 48.1 Å². The van der Waals surface area contributed by atoms with Crippen molar-refractivity contribution in [3.63, 3.8) is 0 Å².